The third kappa shape index (κ3) is 4.06. The van der Waals surface area contributed by atoms with Gasteiger partial charge in [-0.15, -0.1) is 0 Å². The molecule has 1 rings (SSSR count). The molecule has 0 aliphatic heterocycles. The van der Waals surface area contributed by atoms with E-state index < -0.39 is 0 Å². The Morgan fingerprint density at radius 2 is 2.00 bits per heavy atom. The van der Waals surface area contributed by atoms with Gasteiger partial charge in [-0.05, 0) is 43.4 Å². The summed E-state index contributed by atoms with van der Waals surface area (Å²) in [6, 6.07) is 0. The van der Waals surface area contributed by atoms with Gasteiger partial charge in [-0.2, -0.15) is 0 Å². The van der Waals surface area contributed by atoms with Crippen LogP contribution in [0.3, 0.4) is 0 Å². The van der Waals surface area contributed by atoms with E-state index in [0.717, 1.165) is 18.9 Å². The van der Waals surface area contributed by atoms with Crippen LogP contribution in [0.15, 0.2) is 0 Å². The first-order chi connectivity index (χ1) is 7.76. The molecular weight excluding hydrogens is 200 g/mol. The Bertz CT molecular complexity index is 172. The SMILES string of the molecule is CCCCC1CCC(CO)(CCOC)CC1. The lowest BCUT2D eigenvalue weighted by Gasteiger charge is -2.39. The molecule has 1 aliphatic carbocycles. The average Bonchev–Trinajstić information content (AvgIpc) is 2.35. The molecule has 0 bridgehead atoms. The summed E-state index contributed by atoms with van der Waals surface area (Å²) in [6.07, 6.45) is 10.1. The largest absolute Gasteiger partial charge is 0.396 e. The summed E-state index contributed by atoms with van der Waals surface area (Å²) >= 11 is 0. The Balaban J connectivity index is 2.31. The van der Waals surface area contributed by atoms with E-state index in [1.54, 1.807) is 7.11 Å². The van der Waals surface area contributed by atoms with E-state index >= 15 is 0 Å². The first-order valence-electron chi connectivity index (χ1n) is 6.86. The second-order valence-corrected chi connectivity index (χ2v) is 5.49. The fraction of sp³-hybridized carbons (Fsp3) is 1.00. The first kappa shape index (κ1) is 14.0. The Labute approximate surface area is 100 Å². The van der Waals surface area contributed by atoms with Crippen molar-refractivity contribution in [1.29, 1.82) is 0 Å². The number of hydrogen-bond donors (Lipinski definition) is 1. The van der Waals surface area contributed by atoms with Gasteiger partial charge < -0.3 is 9.84 Å². The van der Waals surface area contributed by atoms with Crippen LogP contribution in [0.2, 0.25) is 0 Å². The van der Waals surface area contributed by atoms with Gasteiger partial charge in [0.25, 0.3) is 0 Å². The number of methoxy groups -OCH3 is 1. The Kier molecular flexibility index (Phi) is 6.37. The second kappa shape index (κ2) is 7.29. The number of aliphatic hydroxyl groups is 1. The zero-order valence-corrected chi connectivity index (χ0v) is 11.0. The minimum Gasteiger partial charge on any atom is -0.396 e. The van der Waals surface area contributed by atoms with E-state index in [0.29, 0.717) is 6.61 Å². The maximum Gasteiger partial charge on any atom is 0.0488 e. The van der Waals surface area contributed by atoms with Gasteiger partial charge in [0, 0.05) is 20.3 Å². The molecule has 0 spiro atoms. The van der Waals surface area contributed by atoms with Crippen molar-refractivity contribution in [2.75, 3.05) is 20.3 Å². The highest BCUT2D eigenvalue weighted by atomic mass is 16.5. The van der Waals surface area contributed by atoms with Crippen molar-refractivity contribution < 1.29 is 9.84 Å². The minimum atomic E-state index is 0.179. The Morgan fingerprint density at radius 1 is 1.31 bits per heavy atom. The van der Waals surface area contributed by atoms with Gasteiger partial charge >= 0.3 is 0 Å². The third-order valence-corrected chi connectivity index (χ3v) is 4.30. The van der Waals surface area contributed by atoms with Crippen LogP contribution in [0.4, 0.5) is 0 Å². The smallest absolute Gasteiger partial charge is 0.0488 e. The standard InChI is InChI=1S/C14H28O2/c1-3-4-5-13-6-8-14(12-15,9-7-13)10-11-16-2/h13,15H,3-12H2,1-2H3. The van der Waals surface area contributed by atoms with Gasteiger partial charge in [-0.25, -0.2) is 0 Å². The van der Waals surface area contributed by atoms with E-state index in [9.17, 15) is 5.11 Å². The topological polar surface area (TPSA) is 29.5 Å². The van der Waals surface area contributed by atoms with Gasteiger partial charge in [0.1, 0.15) is 0 Å². The highest BCUT2D eigenvalue weighted by Gasteiger charge is 2.34. The molecule has 2 heteroatoms. The highest BCUT2D eigenvalue weighted by Crippen LogP contribution is 2.42. The highest BCUT2D eigenvalue weighted by molar-refractivity contribution is 4.85. The van der Waals surface area contributed by atoms with Crippen LogP contribution in [0.5, 0.6) is 0 Å². The quantitative estimate of drug-likeness (QED) is 0.724. The van der Waals surface area contributed by atoms with Crippen LogP contribution in [0, 0.1) is 11.3 Å². The van der Waals surface area contributed by atoms with Crippen molar-refractivity contribution in [2.24, 2.45) is 11.3 Å². The fourth-order valence-corrected chi connectivity index (χ4v) is 2.88. The van der Waals surface area contributed by atoms with Gasteiger partial charge in [-0.3, -0.25) is 0 Å². The summed E-state index contributed by atoms with van der Waals surface area (Å²) in [5.41, 5.74) is 0.179. The van der Waals surface area contributed by atoms with Crippen LogP contribution in [-0.2, 0) is 4.74 Å². The zero-order valence-electron chi connectivity index (χ0n) is 11.0. The van der Waals surface area contributed by atoms with Crippen LogP contribution in [0.25, 0.3) is 0 Å². The lowest BCUT2D eigenvalue weighted by Crippen LogP contribution is -2.32. The summed E-state index contributed by atoms with van der Waals surface area (Å²) in [4.78, 5) is 0. The molecule has 0 aromatic rings. The molecule has 0 radical (unpaired) electrons. The van der Waals surface area contributed by atoms with Gasteiger partial charge in [0.15, 0.2) is 0 Å². The van der Waals surface area contributed by atoms with E-state index in [1.807, 2.05) is 0 Å². The summed E-state index contributed by atoms with van der Waals surface area (Å²) in [6.45, 7) is 3.40. The predicted octanol–water partition coefficient (Wildman–Crippen LogP) is 3.38. The lowest BCUT2D eigenvalue weighted by atomic mass is 9.68. The molecule has 0 saturated heterocycles. The van der Waals surface area contributed by atoms with Crippen molar-refractivity contribution >= 4 is 0 Å². The molecule has 1 N–H and O–H groups in total. The van der Waals surface area contributed by atoms with Gasteiger partial charge in [-0.1, -0.05) is 26.2 Å². The molecule has 0 aromatic heterocycles. The molecule has 1 fully saturated rings. The molecule has 96 valence electrons. The van der Waals surface area contributed by atoms with E-state index in [2.05, 4.69) is 6.92 Å². The molecule has 0 atom stereocenters. The maximum atomic E-state index is 9.57. The zero-order chi connectivity index (χ0) is 11.9. The summed E-state index contributed by atoms with van der Waals surface area (Å²) in [5.74, 6) is 0.919. The van der Waals surface area contributed by atoms with Gasteiger partial charge in [0.05, 0.1) is 0 Å². The molecule has 1 saturated carbocycles. The van der Waals surface area contributed by atoms with Crippen LogP contribution < -0.4 is 0 Å². The molecule has 1 aliphatic rings. The predicted molar refractivity (Wildman–Crippen MR) is 67.5 cm³/mol. The van der Waals surface area contributed by atoms with E-state index in [4.69, 9.17) is 4.74 Å². The molecule has 2 nitrogen and oxygen atoms in total. The second-order valence-electron chi connectivity index (χ2n) is 5.49. The van der Waals surface area contributed by atoms with Crippen molar-refractivity contribution in [2.45, 2.75) is 58.3 Å². The summed E-state index contributed by atoms with van der Waals surface area (Å²) in [5, 5.41) is 9.57. The third-order valence-electron chi connectivity index (χ3n) is 4.30. The molecule has 0 unspecified atom stereocenters. The first-order valence-corrected chi connectivity index (χ1v) is 6.86. The van der Waals surface area contributed by atoms with E-state index in [-0.39, 0.29) is 5.41 Å². The molecule has 0 amide bonds. The Hall–Kier alpha value is -0.0800. The van der Waals surface area contributed by atoms with Crippen LogP contribution >= 0.6 is 0 Å². The van der Waals surface area contributed by atoms with Crippen molar-refractivity contribution in [3.8, 4) is 0 Å². The molecular formula is C14H28O2. The minimum absolute atomic E-state index is 0.179. The fourth-order valence-electron chi connectivity index (χ4n) is 2.88. The number of unbranched alkanes of at least 4 members (excludes halogenated alkanes) is 1. The van der Waals surface area contributed by atoms with Crippen molar-refractivity contribution in [3.05, 3.63) is 0 Å². The summed E-state index contributed by atoms with van der Waals surface area (Å²) in [7, 11) is 1.75. The van der Waals surface area contributed by atoms with Gasteiger partial charge in [0.2, 0.25) is 0 Å². The van der Waals surface area contributed by atoms with E-state index in [1.165, 1.54) is 44.9 Å². The number of hydrogen-bond acceptors (Lipinski definition) is 2. The molecule has 16 heavy (non-hydrogen) atoms. The van der Waals surface area contributed by atoms with Crippen molar-refractivity contribution in [3.63, 3.8) is 0 Å². The lowest BCUT2D eigenvalue weighted by molar-refractivity contribution is 0.0299. The van der Waals surface area contributed by atoms with Crippen LogP contribution in [-0.4, -0.2) is 25.4 Å². The number of rotatable bonds is 7. The number of aliphatic hydroxyl groups excluding tert-OH is 1. The molecule has 0 heterocycles. The van der Waals surface area contributed by atoms with Crippen LogP contribution in [0.1, 0.15) is 58.3 Å². The average molecular weight is 228 g/mol. The molecule has 0 aromatic carbocycles. The Morgan fingerprint density at radius 3 is 2.50 bits per heavy atom. The normalized spacial score (nSPS) is 30.6. The number of ether oxygens (including phenoxy) is 1. The monoisotopic (exact) mass is 228 g/mol. The van der Waals surface area contributed by atoms with Crippen molar-refractivity contribution in [1.82, 2.24) is 0 Å². The summed E-state index contributed by atoms with van der Waals surface area (Å²) < 4.78 is 5.15. The maximum absolute atomic E-state index is 9.57.